The Kier molecular flexibility index (Phi) is 4.86. The third kappa shape index (κ3) is 3.78. The maximum Gasteiger partial charge on any atom is 0.289 e. The van der Waals surface area contributed by atoms with Crippen molar-refractivity contribution >= 4 is 28.9 Å². The van der Waals surface area contributed by atoms with Crippen LogP contribution in [0.1, 0.15) is 11.1 Å². The van der Waals surface area contributed by atoms with Crippen molar-refractivity contribution in [1.29, 1.82) is 5.41 Å². The number of methoxy groups -OCH3 is 1. The number of amidine groups is 1. The Morgan fingerprint density at radius 2 is 1.96 bits per heavy atom. The summed E-state index contributed by atoms with van der Waals surface area (Å²) < 4.78 is 11.2. The van der Waals surface area contributed by atoms with Crippen molar-refractivity contribution in [2.45, 2.75) is 6.61 Å². The molecule has 5 nitrogen and oxygen atoms in total. The number of nitrogens with one attached hydrogen (secondary N) is 2. The summed E-state index contributed by atoms with van der Waals surface area (Å²) in [6.45, 7) is 0.455. The Balaban J connectivity index is 1.77. The number of hydrogen-bond acceptors (Lipinski definition) is 5. The number of amides is 1. The fourth-order valence-corrected chi connectivity index (χ4v) is 2.92. The number of hydrogen-bond donors (Lipinski definition) is 2. The Labute approximate surface area is 144 Å². The van der Waals surface area contributed by atoms with Crippen molar-refractivity contribution in [3.05, 3.63) is 64.6 Å². The number of ether oxygens (including phenoxy) is 2. The van der Waals surface area contributed by atoms with Gasteiger partial charge in [0.05, 0.1) is 12.0 Å². The lowest BCUT2D eigenvalue weighted by molar-refractivity contribution is 0.265. The summed E-state index contributed by atoms with van der Waals surface area (Å²) in [6, 6.07) is 15.4. The molecule has 6 heteroatoms. The van der Waals surface area contributed by atoms with Gasteiger partial charge in [0.1, 0.15) is 12.4 Å². The first-order valence-electron chi connectivity index (χ1n) is 7.30. The number of benzene rings is 2. The Morgan fingerprint density at radius 1 is 1.17 bits per heavy atom. The molecular formula is C18H16N2O3S. The first-order valence-corrected chi connectivity index (χ1v) is 8.11. The van der Waals surface area contributed by atoms with E-state index in [0.717, 1.165) is 22.9 Å². The fourth-order valence-electron chi connectivity index (χ4n) is 2.22. The van der Waals surface area contributed by atoms with E-state index in [0.29, 0.717) is 23.0 Å². The molecule has 2 aromatic carbocycles. The lowest BCUT2D eigenvalue weighted by Crippen LogP contribution is -2.17. The number of carbonyl (C=O) groups excluding carboxylic acids is 1. The van der Waals surface area contributed by atoms with Crippen LogP contribution in [0, 0.1) is 5.41 Å². The zero-order valence-corrected chi connectivity index (χ0v) is 13.9. The van der Waals surface area contributed by atoms with Crippen LogP contribution < -0.4 is 14.8 Å². The molecule has 2 N–H and O–H groups in total. The lowest BCUT2D eigenvalue weighted by atomic mass is 10.2. The van der Waals surface area contributed by atoms with Crippen molar-refractivity contribution in [1.82, 2.24) is 5.32 Å². The maximum atomic E-state index is 11.3. The van der Waals surface area contributed by atoms with E-state index in [-0.39, 0.29) is 11.1 Å². The molecule has 0 radical (unpaired) electrons. The largest absolute Gasteiger partial charge is 0.493 e. The van der Waals surface area contributed by atoms with Gasteiger partial charge in [0, 0.05) is 0 Å². The molecule has 24 heavy (non-hydrogen) atoms. The zero-order chi connectivity index (χ0) is 16.9. The van der Waals surface area contributed by atoms with Crippen LogP contribution >= 0.6 is 11.8 Å². The summed E-state index contributed by atoms with van der Waals surface area (Å²) in [7, 11) is 1.58. The van der Waals surface area contributed by atoms with Gasteiger partial charge in [0.15, 0.2) is 11.5 Å². The molecule has 1 heterocycles. The van der Waals surface area contributed by atoms with Gasteiger partial charge in [0.2, 0.25) is 0 Å². The Morgan fingerprint density at radius 3 is 2.62 bits per heavy atom. The molecule has 2 aromatic rings. The van der Waals surface area contributed by atoms with Gasteiger partial charge in [-0.15, -0.1) is 0 Å². The molecule has 0 unspecified atom stereocenters. The van der Waals surface area contributed by atoms with Gasteiger partial charge in [-0.1, -0.05) is 36.4 Å². The second-order valence-corrected chi connectivity index (χ2v) is 6.10. The highest BCUT2D eigenvalue weighted by atomic mass is 32.2. The minimum absolute atomic E-state index is 0.119. The normalized spacial score (nSPS) is 15.5. The summed E-state index contributed by atoms with van der Waals surface area (Å²) in [4.78, 5) is 11.9. The standard InChI is InChI=1S/C18H16N2O3S/c1-22-15-9-13(10-16-17(19)20-18(21)24-16)7-8-14(15)23-11-12-5-3-2-4-6-12/h2-10H,11H2,1H3,(H2,19,20,21)/b16-10-. The molecule has 1 amide bonds. The number of rotatable bonds is 5. The van der Waals surface area contributed by atoms with E-state index in [1.54, 1.807) is 13.2 Å². The van der Waals surface area contributed by atoms with Crippen LogP contribution in [0.5, 0.6) is 11.5 Å². The van der Waals surface area contributed by atoms with Crippen LogP contribution in [0.15, 0.2) is 53.4 Å². The molecule has 1 aliphatic rings. The average Bonchev–Trinajstić information content (AvgIpc) is 2.91. The van der Waals surface area contributed by atoms with E-state index < -0.39 is 0 Å². The maximum absolute atomic E-state index is 11.3. The van der Waals surface area contributed by atoms with E-state index in [1.807, 2.05) is 48.5 Å². The molecular weight excluding hydrogens is 324 g/mol. The first kappa shape index (κ1) is 16.1. The summed E-state index contributed by atoms with van der Waals surface area (Å²) in [5.41, 5.74) is 1.91. The highest BCUT2D eigenvalue weighted by Crippen LogP contribution is 2.32. The van der Waals surface area contributed by atoms with Crippen molar-refractivity contribution in [2.24, 2.45) is 0 Å². The molecule has 0 saturated carbocycles. The van der Waals surface area contributed by atoms with Gasteiger partial charge in [-0.25, -0.2) is 0 Å². The molecule has 0 spiro atoms. The first-order chi connectivity index (χ1) is 11.7. The monoisotopic (exact) mass is 340 g/mol. The second-order valence-electron chi connectivity index (χ2n) is 5.08. The van der Waals surface area contributed by atoms with Crippen LogP contribution in [-0.2, 0) is 6.61 Å². The minimum Gasteiger partial charge on any atom is -0.493 e. The summed E-state index contributed by atoms with van der Waals surface area (Å²) in [6.07, 6.45) is 1.77. The summed E-state index contributed by atoms with van der Waals surface area (Å²) in [5.74, 6) is 1.37. The van der Waals surface area contributed by atoms with Gasteiger partial charge < -0.3 is 14.8 Å². The molecule has 1 fully saturated rings. The van der Waals surface area contributed by atoms with E-state index in [4.69, 9.17) is 14.9 Å². The van der Waals surface area contributed by atoms with Crippen molar-refractivity contribution < 1.29 is 14.3 Å². The molecule has 0 bridgehead atoms. The van der Waals surface area contributed by atoms with Gasteiger partial charge in [-0.2, -0.15) is 0 Å². The predicted octanol–water partition coefficient (Wildman–Crippen LogP) is 4.05. The van der Waals surface area contributed by atoms with Crippen molar-refractivity contribution in [2.75, 3.05) is 7.11 Å². The second kappa shape index (κ2) is 7.23. The molecule has 122 valence electrons. The van der Waals surface area contributed by atoms with Gasteiger partial charge in [-0.05, 0) is 41.1 Å². The molecule has 0 aliphatic carbocycles. The van der Waals surface area contributed by atoms with Gasteiger partial charge in [0.25, 0.3) is 5.24 Å². The third-order valence-electron chi connectivity index (χ3n) is 3.40. The predicted molar refractivity (Wildman–Crippen MR) is 95.6 cm³/mol. The number of thioether (sulfide) groups is 1. The van der Waals surface area contributed by atoms with Crippen LogP contribution in [-0.4, -0.2) is 18.2 Å². The molecule has 1 aliphatic heterocycles. The summed E-state index contributed by atoms with van der Waals surface area (Å²) >= 11 is 1.01. The lowest BCUT2D eigenvalue weighted by Gasteiger charge is -2.11. The quantitative estimate of drug-likeness (QED) is 0.861. The molecule has 3 rings (SSSR count). The summed E-state index contributed by atoms with van der Waals surface area (Å²) in [5, 5.41) is 9.92. The van der Waals surface area contributed by atoms with E-state index in [1.165, 1.54) is 0 Å². The smallest absolute Gasteiger partial charge is 0.289 e. The molecule has 0 aromatic heterocycles. The molecule has 1 saturated heterocycles. The van der Waals surface area contributed by atoms with Crippen molar-refractivity contribution in [3.63, 3.8) is 0 Å². The minimum atomic E-state index is -0.235. The SMILES string of the molecule is COc1cc(/C=C2\SC(=O)NC2=N)ccc1OCc1ccccc1. The fraction of sp³-hybridized carbons (Fsp3) is 0.111. The van der Waals surface area contributed by atoms with Crippen LogP contribution in [0.4, 0.5) is 4.79 Å². The number of carbonyl (C=O) groups is 1. The molecule has 0 atom stereocenters. The third-order valence-corrected chi connectivity index (χ3v) is 4.23. The van der Waals surface area contributed by atoms with Crippen LogP contribution in [0.2, 0.25) is 0 Å². The topological polar surface area (TPSA) is 71.4 Å². The van der Waals surface area contributed by atoms with Crippen LogP contribution in [0.25, 0.3) is 6.08 Å². The van der Waals surface area contributed by atoms with E-state index in [2.05, 4.69) is 5.32 Å². The van der Waals surface area contributed by atoms with E-state index in [9.17, 15) is 4.79 Å². The van der Waals surface area contributed by atoms with Gasteiger partial charge in [-0.3, -0.25) is 10.2 Å². The highest BCUT2D eigenvalue weighted by Gasteiger charge is 2.21. The van der Waals surface area contributed by atoms with Crippen LogP contribution in [0.3, 0.4) is 0 Å². The Bertz CT molecular complexity index is 803. The average molecular weight is 340 g/mol. The van der Waals surface area contributed by atoms with E-state index >= 15 is 0 Å². The van der Waals surface area contributed by atoms with Gasteiger partial charge >= 0.3 is 0 Å². The Hall–Kier alpha value is -2.73. The highest BCUT2D eigenvalue weighted by molar-refractivity contribution is 8.18. The van der Waals surface area contributed by atoms with Crippen molar-refractivity contribution in [3.8, 4) is 11.5 Å². The zero-order valence-electron chi connectivity index (χ0n) is 13.0.